The van der Waals surface area contributed by atoms with Gasteiger partial charge in [-0.1, -0.05) is 60.5 Å². The molecule has 42 heavy (non-hydrogen) atoms. The summed E-state index contributed by atoms with van der Waals surface area (Å²) in [4.78, 5) is 29.1. The van der Waals surface area contributed by atoms with Crippen LogP contribution in [0, 0.1) is 6.92 Å². The standard InChI is InChI=1S/C32H40ClN3O5S/c1-7-27(31(38)34-32(4,5)6)35(21-24-15-13-23(3)14-16-24)30(37)22-36(28-11-9-10-12-29(28)41-8-2)42(39,40)26-19-17-25(33)18-20-26/h9-20,27H,7-8,21-22H2,1-6H3,(H,34,38)/t27-/m0/s1. The Bertz CT molecular complexity index is 1470. The number of nitrogens with zero attached hydrogens (tertiary/aromatic N) is 2. The Labute approximate surface area is 254 Å². The molecule has 1 N–H and O–H groups in total. The van der Waals surface area contributed by atoms with Crippen LogP contribution < -0.4 is 14.4 Å². The summed E-state index contributed by atoms with van der Waals surface area (Å²) < 4.78 is 35.0. The van der Waals surface area contributed by atoms with Crippen molar-refractivity contribution < 1.29 is 22.7 Å². The molecule has 2 amide bonds. The van der Waals surface area contributed by atoms with Gasteiger partial charge in [-0.3, -0.25) is 13.9 Å². The third-order valence-electron chi connectivity index (χ3n) is 6.47. The molecule has 0 bridgehead atoms. The molecule has 10 heteroatoms. The molecule has 0 aliphatic heterocycles. The average Bonchev–Trinajstić information content (AvgIpc) is 2.92. The van der Waals surface area contributed by atoms with Crippen molar-refractivity contribution in [1.29, 1.82) is 0 Å². The minimum Gasteiger partial charge on any atom is -0.492 e. The number of ether oxygens (including phenoxy) is 1. The number of rotatable bonds is 12. The predicted molar refractivity (Wildman–Crippen MR) is 167 cm³/mol. The van der Waals surface area contributed by atoms with Crippen molar-refractivity contribution in [2.24, 2.45) is 0 Å². The normalized spacial score (nSPS) is 12.4. The molecule has 0 aliphatic rings. The molecule has 8 nitrogen and oxygen atoms in total. The molecule has 0 saturated heterocycles. The largest absolute Gasteiger partial charge is 0.492 e. The molecule has 226 valence electrons. The molecule has 0 saturated carbocycles. The zero-order valence-corrected chi connectivity index (χ0v) is 26.6. The second kappa shape index (κ2) is 14.1. The molecule has 0 spiro atoms. The van der Waals surface area contributed by atoms with Gasteiger partial charge >= 0.3 is 0 Å². The lowest BCUT2D eigenvalue weighted by Gasteiger charge is -2.35. The summed E-state index contributed by atoms with van der Waals surface area (Å²) in [5.41, 5.74) is 1.56. The van der Waals surface area contributed by atoms with Gasteiger partial charge in [0.05, 0.1) is 17.2 Å². The van der Waals surface area contributed by atoms with Crippen LogP contribution in [0.5, 0.6) is 5.75 Å². The van der Waals surface area contributed by atoms with Crippen LogP contribution in [-0.4, -0.2) is 49.9 Å². The van der Waals surface area contributed by atoms with Crippen LogP contribution in [0.3, 0.4) is 0 Å². The number of hydrogen-bond acceptors (Lipinski definition) is 5. The number of aryl methyl sites for hydroxylation is 1. The first-order valence-corrected chi connectivity index (χ1v) is 15.8. The fourth-order valence-electron chi connectivity index (χ4n) is 4.45. The summed E-state index contributed by atoms with van der Waals surface area (Å²) >= 11 is 6.04. The smallest absolute Gasteiger partial charge is 0.264 e. The molecule has 3 aromatic rings. The van der Waals surface area contributed by atoms with Gasteiger partial charge in [0.15, 0.2) is 0 Å². The van der Waals surface area contributed by atoms with Crippen molar-refractivity contribution in [1.82, 2.24) is 10.2 Å². The minimum absolute atomic E-state index is 0.0337. The Kier molecular flexibility index (Phi) is 11.0. The number of hydrogen-bond donors (Lipinski definition) is 1. The number of carbonyl (C=O) groups excluding carboxylic acids is 2. The summed E-state index contributed by atoms with van der Waals surface area (Å²) in [5.74, 6) is -0.532. The van der Waals surface area contributed by atoms with Gasteiger partial charge in [0, 0.05) is 17.1 Å². The maximum absolute atomic E-state index is 14.2. The van der Waals surface area contributed by atoms with E-state index in [1.165, 1.54) is 29.2 Å². The Morgan fingerprint density at radius 2 is 1.57 bits per heavy atom. The zero-order chi connectivity index (χ0) is 31.1. The topological polar surface area (TPSA) is 96.0 Å². The number of halogens is 1. The van der Waals surface area contributed by atoms with E-state index in [-0.39, 0.29) is 23.0 Å². The summed E-state index contributed by atoms with van der Waals surface area (Å²) in [6.45, 7) is 11.1. The second-order valence-corrected chi connectivity index (χ2v) is 13.3. The molecular formula is C32H40ClN3O5S. The second-order valence-electron chi connectivity index (χ2n) is 11.0. The van der Waals surface area contributed by atoms with Crippen molar-refractivity contribution in [3.63, 3.8) is 0 Å². The quantitative estimate of drug-likeness (QED) is 0.272. The Morgan fingerprint density at radius 3 is 2.14 bits per heavy atom. The number of carbonyl (C=O) groups is 2. The maximum atomic E-state index is 14.2. The third-order valence-corrected chi connectivity index (χ3v) is 8.50. The van der Waals surface area contributed by atoms with E-state index in [1.807, 2.05) is 58.9 Å². The van der Waals surface area contributed by atoms with Gasteiger partial charge in [-0.15, -0.1) is 0 Å². The van der Waals surface area contributed by atoms with Crippen molar-refractivity contribution in [2.75, 3.05) is 17.5 Å². The Hall–Kier alpha value is -3.56. The van der Waals surface area contributed by atoms with Crippen molar-refractivity contribution in [3.05, 3.63) is 88.9 Å². The van der Waals surface area contributed by atoms with Crippen LogP contribution in [0.4, 0.5) is 5.69 Å². The van der Waals surface area contributed by atoms with Gasteiger partial charge in [-0.25, -0.2) is 8.42 Å². The lowest BCUT2D eigenvalue weighted by molar-refractivity contribution is -0.141. The molecule has 1 atom stereocenters. The van der Waals surface area contributed by atoms with Crippen molar-refractivity contribution in [2.45, 2.75) is 71.0 Å². The van der Waals surface area contributed by atoms with Gasteiger partial charge in [-0.05, 0) is 83.0 Å². The number of sulfonamides is 1. The average molecular weight is 614 g/mol. The monoisotopic (exact) mass is 613 g/mol. The van der Waals surface area contributed by atoms with E-state index >= 15 is 0 Å². The van der Waals surface area contributed by atoms with Crippen LogP contribution in [0.15, 0.2) is 77.7 Å². The van der Waals surface area contributed by atoms with E-state index in [4.69, 9.17) is 16.3 Å². The molecule has 0 fully saturated rings. The molecule has 0 unspecified atom stereocenters. The van der Waals surface area contributed by atoms with Gasteiger partial charge in [-0.2, -0.15) is 0 Å². The first kappa shape index (κ1) is 32.9. The minimum atomic E-state index is -4.25. The fourth-order valence-corrected chi connectivity index (χ4v) is 6.00. The molecule has 0 aliphatic carbocycles. The van der Waals surface area contributed by atoms with Crippen LogP contribution in [0.25, 0.3) is 0 Å². The third kappa shape index (κ3) is 8.49. The summed E-state index contributed by atoms with van der Waals surface area (Å²) in [5, 5.41) is 3.36. The van der Waals surface area contributed by atoms with E-state index in [1.54, 1.807) is 31.2 Å². The van der Waals surface area contributed by atoms with Gasteiger partial charge < -0.3 is 15.0 Å². The van der Waals surface area contributed by atoms with E-state index in [0.29, 0.717) is 23.8 Å². The van der Waals surface area contributed by atoms with Gasteiger partial charge in [0.25, 0.3) is 10.0 Å². The maximum Gasteiger partial charge on any atom is 0.264 e. The Balaban J connectivity index is 2.12. The SMILES string of the molecule is CCOc1ccccc1N(CC(=O)N(Cc1ccc(C)cc1)[C@@H](CC)C(=O)NC(C)(C)C)S(=O)(=O)c1ccc(Cl)cc1. The Morgan fingerprint density at radius 1 is 0.952 bits per heavy atom. The van der Waals surface area contributed by atoms with E-state index in [2.05, 4.69) is 5.32 Å². The van der Waals surface area contributed by atoms with Crippen LogP contribution >= 0.6 is 11.6 Å². The predicted octanol–water partition coefficient (Wildman–Crippen LogP) is 5.96. The highest BCUT2D eigenvalue weighted by atomic mass is 35.5. The number of nitrogens with one attached hydrogen (secondary N) is 1. The first-order chi connectivity index (χ1) is 19.8. The number of benzene rings is 3. The fraction of sp³-hybridized carbons (Fsp3) is 0.375. The lowest BCUT2D eigenvalue weighted by Crippen LogP contribution is -2.55. The highest BCUT2D eigenvalue weighted by molar-refractivity contribution is 7.92. The van der Waals surface area contributed by atoms with E-state index in [0.717, 1.165) is 15.4 Å². The van der Waals surface area contributed by atoms with Crippen LogP contribution in [0.1, 0.15) is 52.2 Å². The summed E-state index contributed by atoms with van der Waals surface area (Å²) in [6.07, 6.45) is 0.332. The summed E-state index contributed by atoms with van der Waals surface area (Å²) in [6, 6.07) is 19.3. The number of amides is 2. The highest BCUT2D eigenvalue weighted by Crippen LogP contribution is 2.33. The van der Waals surface area contributed by atoms with Crippen LogP contribution in [-0.2, 0) is 26.2 Å². The molecular weight excluding hydrogens is 574 g/mol. The number of anilines is 1. The van der Waals surface area contributed by atoms with Crippen molar-refractivity contribution >= 4 is 39.1 Å². The highest BCUT2D eigenvalue weighted by Gasteiger charge is 2.35. The molecule has 3 rings (SSSR count). The molecule has 3 aromatic carbocycles. The van der Waals surface area contributed by atoms with Crippen molar-refractivity contribution in [3.8, 4) is 5.75 Å². The van der Waals surface area contributed by atoms with E-state index in [9.17, 15) is 18.0 Å². The first-order valence-electron chi connectivity index (χ1n) is 13.9. The number of para-hydroxylation sites is 2. The molecule has 0 aromatic heterocycles. The van der Waals surface area contributed by atoms with Gasteiger partial charge in [0.2, 0.25) is 11.8 Å². The van der Waals surface area contributed by atoms with E-state index < -0.39 is 34.1 Å². The molecule has 0 radical (unpaired) electrons. The van der Waals surface area contributed by atoms with Gasteiger partial charge in [0.1, 0.15) is 18.3 Å². The zero-order valence-electron chi connectivity index (χ0n) is 25.1. The summed E-state index contributed by atoms with van der Waals surface area (Å²) in [7, 11) is -4.25. The lowest BCUT2D eigenvalue weighted by atomic mass is 10.1. The van der Waals surface area contributed by atoms with Crippen LogP contribution in [0.2, 0.25) is 5.02 Å². The molecule has 0 heterocycles.